The Hall–Kier alpha value is -0.770. The van der Waals surface area contributed by atoms with E-state index in [1.807, 2.05) is 10.8 Å². The van der Waals surface area contributed by atoms with Crippen LogP contribution in [0.25, 0.3) is 6.20 Å². The maximum Gasteiger partial charge on any atom is 0.206 e. The number of nitrogens with one attached hydrogen (secondary N) is 1. The third-order valence-corrected chi connectivity index (χ3v) is 1.64. The lowest BCUT2D eigenvalue weighted by atomic mass is 10.7. The Labute approximate surface area is 74.3 Å². The molecular weight excluding hydrogens is 206 g/mol. The molecule has 0 saturated carbocycles. The Bertz CT molecular complexity index is 231. The van der Waals surface area contributed by atoms with Crippen LogP contribution in [0.2, 0.25) is 0 Å². The van der Waals surface area contributed by atoms with Crippen molar-refractivity contribution in [3.8, 4) is 0 Å². The monoisotopic (exact) mass is 215 g/mol. The normalized spacial score (nSPS) is 9.55. The minimum absolute atomic E-state index is 0.833. The molecule has 0 aliphatic carbocycles. The van der Waals surface area contributed by atoms with Crippen molar-refractivity contribution < 1.29 is 0 Å². The average molecular weight is 216 g/mol. The zero-order valence-electron chi connectivity index (χ0n) is 6.13. The predicted octanol–water partition coefficient (Wildman–Crippen LogP) is 1.79. The fourth-order valence-electron chi connectivity index (χ4n) is 0.756. The molecule has 1 N–H and O–H groups in total. The van der Waals surface area contributed by atoms with Crippen LogP contribution in [0.15, 0.2) is 19.0 Å². The van der Waals surface area contributed by atoms with Gasteiger partial charge in [-0.2, -0.15) is 0 Å². The standard InChI is InChI=1S/C7H10BrN3/c1-2-11-6-5-10-7(11)9-4-3-8/h2,5-6H,1,3-4H2,(H,9,10). The van der Waals surface area contributed by atoms with Crippen molar-refractivity contribution in [2.24, 2.45) is 0 Å². The lowest BCUT2D eigenvalue weighted by Gasteiger charge is -2.02. The number of anilines is 1. The molecular formula is C7H10BrN3. The van der Waals surface area contributed by atoms with Crippen LogP contribution in [0.5, 0.6) is 0 Å². The second-order valence-corrected chi connectivity index (χ2v) is 2.75. The van der Waals surface area contributed by atoms with Crippen LogP contribution in [0.3, 0.4) is 0 Å². The van der Waals surface area contributed by atoms with Gasteiger partial charge in [0.1, 0.15) is 0 Å². The fraction of sp³-hybridized carbons (Fsp3) is 0.286. The van der Waals surface area contributed by atoms with Crippen LogP contribution < -0.4 is 5.32 Å². The van der Waals surface area contributed by atoms with Crippen LogP contribution in [0, 0.1) is 0 Å². The van der Waals surface area contributed by atoms with E-state index in [0.29, 0.717) is 0 Å². The van der Waals surface area contributed by atoms with E-state index in [-0.39, 0.29) is 0 Å². The summed E-state index contributed by atoms with van der Waals surface area (Å²) in [5, 5.41) is 4.04. The number of halogens is 1. The van der Waals surface area contributed by atoms with Crippen LogP contribution in [0.1, 0.15) is 0 Å². The van der Waals surface area contributed by atoms with Crippen molar-refractivity contribution >= 4 is 28.1 Å². The van der Waals surface area contributed by atoms with Crippen LogP contribution in [0.4, 0.5) is 5.95 Å². The van der Waals surface area contributed by atoms with Gasteiger partial charge in [-0.25, -0.2) is 4.98 Å². The summed E-state index contributed by atoms with van der Waals surface area (Å²) in [6.07, 6.45) is 5.30. The second kappa shape index (κ2) is 4.18. The molecule has 1 heterocycles. The molecule has 0 unspecified atom stereocenters. The maximum absolute atomic E-state index is 4.08. The first-order chi connectivity index (χ1) is 5.38. The highest BCUT2D eigenvalue weighted by Crippen LogP contribution is 2.03. The number of rotatable bonds is 4. The van der Waals surface area contributed by atoms with E-state index >= 15 is 0 Å². The molecule has 4 heteroatoms. The first-order valence-corrected chi connectivity index (χ1v) is 4.46. The summed E-state index contributed by atoms with van der Waals surface area (Å²) in [5.74, 6) is 0.833. The van der Waals surface area contributed by atoms with Gasteiger partial charge in [0.15, 0.2) is 0 Å². The third kappa shape index (κ3) is 2.08. The second-order valence-electron chi connectivity index (χ2n) is 1.96. The van der Waals surface area contributed by atoms with E-state index in [4.69, 9.17) is 0 Å². The quantitative estimate of drug-likeness (QED) is 0.777. The molecule has 1 aromatic rings. The lowest BCUT2D eigenvalue weighted by Crippen LogP contribution is -2.06. The molecule has 0 aliphatic rings. The molecule has 1 rings (SSSR count). The molecule has 11 heavy (non-hydrogen) atoms. The van der Waals surface area contributed by atoms with Gasteiger partial charge < -0.3 is 5.32 Å². The zero-order chi connectivity index (χ0) is 8.10. The molecule has 0 radical (unpaired) electrons. The highest BCUT2D eigenvalue weighted by molar-refractivity contribution is 9.09. The third-order valence-electron chi connectivity index (χ3n) is 1.24. The highest BCUT2D eigenvalue weighted by Gasteiger charge is 1.95. The Balaban J connectivity index is 2.61. The van der Waals surface area contributed by atoms with Gasteiger partial charge in [-0.05, 0) is 0 Å². The van der Waals surface area contributed by atoms with Crippen molar-refractivity contribution in [3.63, 3.8) is 0 Å². The van der Waals surface area contributed by atoms with Gasteiger partial charge in [0, 0.05) is 30.5 Å². The Morgan fingerprint density at radius 2 is 2.64 bits per heavy atom. The van der Waals surface area contributed by atoms with Crippen LogP contribution >= 0.6 is 15.9 Å². The first-order valence-electron chi connectivity index (χ1n) is 3.33. The molecule has 0 bridgehead atoms. The Morgan fingerprint density at radius 3 is 3.27 bits per heavy atom. The van der Waals surface area contributed by atoms with E-state index < -0.39 is 0 Å². The van der Waals surface area contributed by atoms with E-state index in [2.05, 4.69) is 32.8 Å². The summed E-state index contributed by atoms with van der Waals surface area (Å²) < 4.78 is 1.84. The smallest absolute Gasteiger partial charge is 0.206 e. The summed E-state index contributed by atoms with van der Waals surface area (Å²) in [6.45, 7) is 4.51. The molecule has 1 aromatic heterocycles. The van der Waals surface area contributed by atoms with Crippen molar-refractivity contribution in [1.29, 1.82) is 0 Å². The first kappa shape index (κ1) is 8.33. The molecule has 0 saturated heterocycles. The van der Waals surface area contributed by atoms with Crippen molar-refractivity contribution in [3.05, 3.63) is 19.0 Å². The zero-order valence-corrected chi connectivity index (χ0v) is 7.71. The minimum atomic E-state index is 0.833. The van der Waals surface area contributed by atoms with Gasteiger partial charge in [0.2, 0.25) is 5.95 Å². The van der Waals surface area contributed by atoms with Crippen molar-refractivity contribution in [2.45, 2.75) is 0 Å². The van der Waals surface area contributed by atoms with Crippen molar-refractivity contribution in [2.75, 3.05) is 17.2 Å². The van der Waals surface area contributed by atoms with E-state index in [9.17, 15) is 0 Å². The Morgan fingerprint density at radius 1 is 1.82 bits per heavy atom. The highest BCUT2D eigenvalue weighted by atomic mass is 79.9. The van der Waals surface area contributed by atoms with Gasteiger partial charge in [0.05, 0.1) is 0 Å². The van der Waals surface area contributed by atoms with Gasteiger partial charge in [-0.1, -0.05) is 22.5 Å². The number of aromatic nitrogens is 2. The van der Waals surface area contributed by atoms with Crippen molar-refractivity contribution in [1.82, 2.24) is 9.55 Å². The van der Waals surface area contributed by atoms with Gasteiger partial charge >= 0.3 is 0 Å². The molecule has 0 amide bonds. The minimum Gasteiger partial charge on any atom is -0.355 e. The summed E-state index contributed by atoms with van der Waals surface area (Å²) in [4.78, 5) is 4.08. The lowest BCUT2D eigenvalue weighted by molar-refractivity contribution is 1.08. The number of nitrogens with zero attached hydrogens (tertiary/aromatic N) is 2. The van der Waals surface area contributed by atoms with Gasteiger partial charge in [0.25, 0.3) is 0 Å². The fourth-order valence-corrected chi connectivity index (χ4v) is 0.955. The predicted molar refractivity (Wildman–Crippen MR) is 50.9 cm³/mol. The Kier molecular flexibility index (Phi) is 3.16. The van der Waals surface area contributed by atoms with E-state index in [0.717, 1.165) is 17.8 Å². The number of alkyl halides is 1. The summed E-state index contributed by atoms with van der Waals surface area (Å²) in [5.41, 5.74) is 0. The van der Waals surface area contributed by atoms with Gasteiger partial charge in [-0.15, -0.1) is 0 Å². The molecule has 3 nitrogen and oxygen atoms in total. The molecule has 0 spiro atoms. The summed E-state index contributed by atoms with van der Waals surface area (Å²) in [7, 11) is 0. The molecule has 0 fully saturated rings. The molecule has 0 atom stereocenters. The van der Waals surface area contributed by atoms with Crippen LogP contribution in [-0.2, 0) is 0 Å². The van der Waals surface area contributed by atoms with E-state index in [1.54, 1.807) is 12.4 Å². The molecule has 0 aromatic carbocycles. The number of hydrogen-bond donors (Lipinski definition) is 1. The molecule has 0 aliphatic heterocycles. The SMILES string of the molecule is C=Cn1ccnc1NCCBr. The largest absolute Gasteiger partial charge is 0.355 e. The summed E-state index contributed by atoms with van der Waals surface area (Å²) >= 11 is 3.32. The van der Waals surface area contributed by atoms with Gasteiger partial charge in [-0.3, -0.25) is 4.57 Å². The average Bonchev–Trinajstić information content (AvgIpc) is 2.47. The maximum atomic E-state index is 4.08. The van der Waals surface area contributed by atoms with E-state index in [1.165, 1.54) is 0 Å². The topological polar surface area (TPSA) is 29.9 Å². The summed E-state index contributed by atoms with van der Waals surface area (Å²) in [6, 6.07) is 0. The number of hydrogen-bond acceptors (Lipinski definition) is 2. The number of imidazole rings is 1. The van der Waals surface area contributed by atoms with Crippen LogP contribution in [-0.4, -0.2) is 21.4 Å². The molecule has 60 valence electrons.